The number of fused-ring (bicyclic) bond motifs is 1. The van der Waals surface area contributed by atoms with Crippen molar-refractivity contribution in [2.75, 3.05) is 27.4 Å². The number of rotatable bonds is 3. The van der Waals surface area contributed by atoms with E-state index in [0.717, 1.165) is 5.56 Å². The first-order valence-electron chi connectivity index (χ1n) is 7.53. The number of hydrogen-bond donors (Lipinski definition) is 0. The Morgan fingerprint density at radius 3 is 2.74 bits per heavy atom. The molecule has 1 saturated heterocycles. The van der Waals surface area contributed by atoms with Crippen LogP contribution in [-0.2, 0) is 16.0 Å². The van der Waals surface area contributed by atoms with E-state index in [2.05, 4.69) is 0 Å². The zero-order chi connectivity index (χ0) is 16.4. The Morgan fingerprint density at radius 1 is 1.26 bits per heavy atom. The van der Waals surface area contributed by atoms with Gasteiger partial charge in [0.25, 0.3) is 5.91 Å². The molecular formula is C17H19NO5. The van der Waals surface area contributed by atoms with Gasteiger partial charge in [0, 0.05) is 17.7 Å². The summed E-state index contributed by atoms with van der Waals surface area (Å²) < 4.78 is 15.8. The minimum Gasteiger partial charge on any atom is -0.493 e. The van der Waals surface area contributed by atoms with Gasteiger partial charge in [-0.15, -0.1) is 0 Å². The van der Waals surface area contributed by atoms with Crippen LogP contribution < -0.4 is 9.47 Å². The van der Waals surface area contributed by atoms with Crippen molar-refractivity contribution in [2.45, 2.75) is 18.9 Å². The molecule has 0 bridgehead atoms. The molecule has 1 aromatic carbocycles. The highest BCUT2D eigenvalue weighted by atomic mass is 16.5. The maximum Gasteiger partial charge on any atom is 0.328 e. The van der Waals surface area contributed by atoms with Crippen LogP contribution in [0.1, 0.15) is 22.3 Å². The first-order valence-corrected chi connectivity index (χ1v) is 7.53. The van der Waals surface area contributed by atoms with Crippen LogP contribution in [0, 0.1) is 0 Å². The molecule has 3 rings (SSSR count). The summed E-state index contributed by atoms with van der Waals surface area (Å²) in [6, 6.07) is 2.98. The molecule has 1 fully saturated rings. The van der Waals surface area contributed by atoms with Gasteiger partial charge in [-0.05, 0) is 25.0 Å². The van der Waals surface area contributed by atoms with Crippen LogP contribution in [-0.4, -0.2) is 50.2 Å². The van der Waals surface area contributed by atoms with Gasteiger partial charge >= 0.3 is 5.97 Å². The number of esters is 1. The molecule has 2 heterocycles. The lowest BCUT2D eigenvalue weighted by molar-refractivity contribution is -0.149. The molecule has 1 amide bonds. The Hall–Kier alpha value is -2.50. The van der Waals surface area contributed by atoms with Crippen molar-refractivity contribution < 1.29 is 23.8 Å². The van der Waals surface area contributed by atoms with Crippen molar-refractivity contribution in [3.05, 3.63) is 35.4 Å². The molecule has 0 aliphatic carbocycles. The van der Waals surface area contributed by atoms with Crippen LogP contribution in [0.25, 0.3) is 0 Å². The zero-order valence-corrected chi connectivity index (χ0v) is 13.2. The molecule has 23 heavy (non-hydrogen) atoms. The number of benzene rings is 1. The number of carbonyl (C=O) groups is 2. The Labute approximate surface area is 134 Å². The standard InChI is InChI=1S/C17H19NO5/c1-21-14-10-12(9-11-5-3-4-8-23-15(11)14)16(19)18-7-6-13(18)17(20)22-2/h3-4,9-10,13H,5-8H2,1-2H3/t13-/m1/s1. The summed E-state index contributed by atoms with van der Waals surface area (Å²) >= 11 is 0. The molecule has 0 radical (unpaired) electrons. The minimum absolute atomic E-state index is 0.194. The third-order valence-corrected chi connectivity index (χ3v) is 4.18. The molecule has 2 aliphatic heterocycles. The highest BCUT2D eigenvalue weighted by Crippen LogP contribution is 2.35. The number of nitrogens with zero attached hydrogens (tertiary/aromatic N) is 1. The maximum atomic E-state index is 12.7. The second kappa shape index (κ2) is 6.32. The Bertz CT molecular complexity index is 667. The van der Waals surface area contributed by atoms with Crippen LogP contribution in [0.5, 0.6) is 11.5 Å². The van der Waals surface area contributed by atoms with E-state index in [1.807, 2.05) is 18.2 Å². The molecule has 122 valence electrons. The predicted octanol–water partition coefficient (Wildman–Crippen LogP) is 1.57. The van der Waals surface area contributed by atoms with E-state index >= 15 is 0 Å². The van der Waals surface area contributed by atoms with Gasteiger partial charge in [0.2, 0.25) is 0 Å². The maximum absolute atomic E-state index is 12.7. The molecular weight excluding hydrogens is 298 g/mol. The molecule has 6 heteroatoms. The summed E-state index contributed by atoms with van der Waals surface area (Å²) in [5.74, 6) is 0.630. The van der Waals surface area contributed by atoms with E-state index in [0.29, 0.717) is 43.1 Å². The third kappa shape index (κ3) is 2.76. The Morgan fingerprint density at radius 2 is 2.09 bits per heavy atom. The van der Waals surface area contributed by atoms with Crippen LogP contribution in [0.3, 0.4) is 0 Å². The normalized spacial score (nSPS) is 19.0. The molecule has 0 spiro atoms. The van der Waals surface area contributed by atoms with E-state index in [-0.39, 0.29) is 11.9 Å². The van der Waals surface area contributed by atoms with E-state index in [9.17, 15) is 9.59 Å². The van der Waals surface area contributed by atoms with E-state index in [4.69, 9.17) is 14.2 Å². The first-order chi connectivity index (χ1) is 11.2. The predicted molar refractivity (Wildman–Crippen MR) is 82.8 cm³/mol. The average molecular weight is 317 g/mol. The summed E-state index contributed by atoms with van der Waals surface area (Å²) in [5, 5.41) is 0. The van der Waals surface area contributed by atoms with Crippen LogP contribution in [0.2, 0.25) is 0 Å². The topological polar surface area (TPSA) is 65.1 Å². The van der Waals surface area contributed by atoms with Gasteiger partial charge in [-0.25, -0.2) is 4.79 Å². The fraction of sp³-hybridized carbons (Fsp3) is 0.412. The molecule has 2 aliphatic rings. The molecule has 0 N–H and O–H groups in total. The Balaban J connectivity index is 1.91. The fourth-order valence-electron chi connectivity index (χ4n) is 2.84. The van der Waals surface area contributed by atoms with E-state index in [1.165, 1.54) is 12.0 Å². The van der Waals surface area contributed by atoms with Crippen LogP contribution in [0.15, 0.2) is 24.3 Å². The first kappa shape index (κ1) is 15.4. The molecule has 1 atom stereocenters. The van der Waals surface area contributed by atoms with Crippen LogP contribution >= 0.6 is 0 Å². The number of allylic oxidation sites excluding steroid dienone is 1. The number of hydrogen-bond acceptors (Lipinski definition) is 5. The van der Waals surface area contributed by atoms with Crippen molar-refractivity contribution in [3.63, 3.8) is 0 Å². The minimum atomic E-state index is -0.492. The van der Waals surface area contributed by atoms with Gasteiger partial charge in [-0.3, -0.25) is 4.79 Å². The number of amides is 1. The lowest BCUT2D eigenvalue weighted by Gasteiger charge is -2.38. The summed E-state index contributed by atoms with van der Waals surface area (Å²) in [7, 11) is 2.88. The van der Waals surface area contributed by atoms with Gasteiger partial charge in [-0.2, -0.15) is 0 Å². The molecule has 1 aromatic rings. The van der Waals surface area contributed by atoms with Crippen molar-refractivity contribution >= 4 is 11.9 Å². The fourth-order valence-corrected chi connectivity index (χ4v) is 2.84. The van der Waals surface area contributed by atoms with Gasteiger partial charge < -0.3 is 19.1 Å². The van der Waals surface area contributed by atoms with E-state index in [1.54, 1.807) is 13.2 Å². The second-order valence-electron chi connectivity index (χ2n) is 5.48. The number of likely N-dealkylation sites (tertiary alicyclic amines) is 1. The van der Waals surface area contributed by atoms with Crippen molar-refractivity contribution in [1.29, 1.82) is 0 Å². The molecule has 6 nitrogen and oxygen atoms in total. The van der Waals surface area contributed by atoms with Gasteiger partial charge in [0.15, 0.2) is 11.5 Å². The number of ether oxygens (including phenoxy) is 3. The van der Waals surface area contributed by atoms with Crippen LogP contribution in [0.4, 0.5) is 0 Å². The molecule has 0 unspecified atom stereocenters. The number of carbonyl (C=O) groups excluding carboxylic acids is 2. The Kier molecular flexibility index (Phi) is 4.23. The summed E-state index contributed by atoms with van der Waals surface area (Å²) in [5.41, 5.74) is 1.39. The number of methoxy groups -OCH3 is 2. The SMILES string of the molecule is COC(=O)[C@H]1CCN1C(=O)c1cc2c(c(OC)c1)OCC=CC2. The monoisotopic (exact) mass is 317 g/mol. The second-order valence-corrected chi connectivity index (χ2v) is 5.48. The highest BCUT2D eigenvalue weighted by Gasteiger charge is 2.39. The quantitative estimate of drug-likeness (QED) is 0.625. The third-order valence-electron chi connectivity index (χ3n) is 4.18. The lowest BCUT2D eigenvalue weighted by Crippen LogP contribution is -2.55. The van der Waals surface area contributed by atoms with Gasteiger partial charge in [0.05, 0.1) is 14.2 Å². The lowest BCUT2D eigenvalue weighted by atomic mass is 9.99. The van der Waals surface area contributed by atoms with Gasteiger partial charge in [-0.1, -0.05) is 12.2 Å². The van der Waals surface area contributed by atoms with Crippen molar-refractivity contribution in [3.8, 4) is 11.5 Å². The molecule has 0 aromatic heterocycles. The van der Waals surface area contributed by atoms with Crippen molar-refractivity contribution in [1.82, 2.24) is 4.90 Å². The summed E-state index contributed by atoms with van der Waals surface area (Å²) in [4.78, 5) is 25.9. The average Bonchev–Trinajstić information content (AvgIpc) is 2.77. The highest BCUT2D eigenvalue weighted by molar-refractivity contribution is 5.98. The van der Waals surface area contributed by atoms with Gasteiger partial charge in [0.1, 0.15) is 12.6 Å². The van der Waals surface area contributed by atoms with E-state index < -0.39 is 6.04 Å². The smallest absolute Gasteiger partial charge is 0.328 e. The largest absolute Gasteiger partial charge is 0.493 e. The van der Waals surface area contributed by atoms with Crippen molar-refractivity contribution in [2.24, 2.45) is 0 Å². The summed E-state index contributed by atoms with van der Waals surface area (Å²) in [6.45, 7) is 1.03. The molecule has 0 saturated carbocycles. The summed E-state index contributed by atoms with van der Waals surface area (Å²) in [6.07, 6.45) is 5.24. The zero-order valence-electron chi connectivity index (χ0n) is 13.2.